The number of phenolic OH excluding ortho intramolecular Hbond substituents is 1. The summed E-state index contributed by atoms with van der Waals surface area (Å²) in [7, 11) is 0. The molecule has 6 heteroatoms. The summed E-state index contributed by atoms with van der Waals surface area (Å²) in [5, 5.41) is 20.1. The number of aromatic nitrogens is 1. The zero-order chi connectivity index (χ0) is 13.3. The molecule has 0 unspecified atom stereocenters. The molecule has 2 rings (SSSR count). The Kier molecular flexibility index (Phi) is 2.85. The Morgan fingerprint density at radius 1 is 1.28 bits per heavy atom. The van der Waals surface area contributed by atoms with Gasteiger partial charge in [-0.2, -0.15) is 0 Å². The minimum Gasteiger partial charge on any atom is -0.502 e. The highest BCUT2D eigenvalue weighted by atomic mass is 16.6. The van der Waals surface area contributed by atoms with Gasteiger partial charge in [0.05, 0.1) is 4.92 Å². The number of aromatic amines is 1. The van der Waals surface area contributed by atoms with Gasteiger partial charge in [0.25, 0.3) is 0 Å². The first-order chi connectivity index (χ1) is 8.49. The van der Waals surface area contributed by atoms with Gasteiger partial charge in [-0.3, -0.25) is 14.9 Å². The topological polar surface area (TPSA) is 96.2 Å². The van der Waals surface area contributed by atoms with Gasteiger partial charge in [-0.05, 0) is 24.6 Å². The molecule has 0 radical (unpaired) electrons. The summed E-state index contributed by atoms with van der Waals surface area (Å²) in [5.41, 5.74) is 1.26. The Morgan fingerprint density at radius 3 is 2.61 bits per heavy atom. The van der Waals surface area contributed by atoms with Crippen LogP contribution in [0, 0.1) is 17.0 Å². The molecule has 2 N–H and O–H groups in total. The highest BCUT2D eigenvalue weighted by Gasteiger charge is 2.15. The van der Waals surface area contributed by atoms with Crippen LogP contribution in [-0.2, 0) is 0 Å². The van der Waals surface area contributed by atoms with Crippen molar-refractivity contribution in [1.29, 1.82) is 0 Å². The predicted molar refractivity (Wildman–Crippen MR) is 65.6 cm³/mol. The summed E-state index contributed by atoms with van der Waals surface area (Å²) in [6, 6.07) is 7.03. The van der Waals surface area contributed by atoms with Crippen molar-refractivity contribution in [2.75, 3.05) is 0 Å². The van der Waals surface area contributed by atoms with Crippen molar-refractivity contribution in [2.24, 2.45) is 0 Å². The van der Waals surface area contributed by atoms with Gasteiger partial charge < -0.3 is 10.1 Å². The highest BCUT2D eigenvalue weighted by molar-refractivity contribution is 5.70. The number of hydrogen-bond donors (Lipinski definition) is 2. The molecule has 0 amide bonds. The Bertz CT molecular complexity index is 676. The van der Waals surface area contributed by atoms with E-state index in [0.717, 1.165) is 0 Å². The molecule has 0 bridgehead atoms. The van der Waals surface area contributed by atoms with Gasteiger partial charge in [-0.15, -0.1) is 0 Å². The van der Waals surface area contributed by atoms with E-state index in [-0.39, 0.29) is 17.0 Å². The average molecular weight is 246 g/mol. The van der Waals surface area contributed by atoms with Gasteiger partial charge >= 0.3 is 5.69 Å². The molecule has 0 fully saturated rings. The molecule has 0 aliphatic rings. The number of nitrogens with zero attached hydrogens (tertiary/aromatic N) is 1. The lowest BCUT2D eigenvalue weighted by Crippen LogP contribution is -2.05. The zero-order valence-corrected chi connectivity index (χ0v) is 9.51. The number of pyridine rings is 1. The van der Waals surface area contributed by atoms with Gasteiger partial charge in [0.1, 0.15) is 0 Å². The number of aryl methyl sites for hydroxylation is 1. The molecule has 18 heavy (non-hydrogen) atoms. The zero-order valence-electron chi connectivity index (χ0n) is 9.51. The van der Waals surface area contributed by atoms with Crippen LogP contribution < -0.4 is 5.56 Å². The van der Waals surface area contributed by atoms with Crippen LogP contribution in [0.15, 0.2) is 35.1 Å². The van der Waals surface area contributed by atoms with Gasteiger partial charge in [0, 0.05) is 23.4 Å². The molecule has 0 saturated carbocycles. The van der Waals surface area contributed by atoms with Crippen LogP contribution in [0.4, 0.5) is 5.69 Å². The summed E-state index contributed by atoms with van der Waals surface area (Å²) in [6.07, 6.45) is 0. The van der Waals surface area contributed by atoms with E-state index >= 15 is 0 Å². The standard InChI is InChI=1S/C12H10N2O4/c1-7-9(3-5-12(16)13-7)8-2-4-11(15)10(6-8)14(17)18/h2-6,15H,1H3,(H,13,16). The average Bonchev–Trinajstić information content (AvgIpc) is 2.30. The third kappa shape index (κ3) is 2.08. The molecular weight excluding hydrogens is 236 g/mol. The molecule has 0 aliphatic heterocycles. The smallest absolute Gasteiger partial charge is 0.311 e. The van der Waals surface area contributed by atoms with Gasteiger partial charge in [-0.1, -0.05) is 6.07 Å². The largest absolute Gasteiger partial charge is 0.502 e. The Morgan fingerprint density at radius 2 is 2.00 bits per heavy atom. The monoisotopic (exact) mass is 246 g/mol. The summed E-state index contributed by atoms with van der Waals surface area (Å²) in [6.45, 7) is 1.70. The van der Waals surface area contributed by atoms with Crippen LogP contribution in [0.25, 0.3) is 11.1 Å². The SMILES string of the molecule is Cc1[nH]c(=O)ccc1-c1ccc(O)c([N+](=O)[O-])c1. The molecular formula is C12H10N2O4. The molecule has 0 aliphatic carbocycles. The van der Waals surface area contributed by atoms with E-state index in [1.165, 1.54) is 18.2 Å². The maximum Gasteiger partial charge on any atom is 0.311 e. The summed E-state index contributed by atoms with van der Waals surface area (Å²) in [4.78, 5) is 23.8. The third-order valence-electron chi connectivity index (χ3n) is 2.60. The summed E-state index contributed by atoms with van der Waals surface area (Å²) >= 11 is 0. The fraction of sp³-hybridized carbons (Fsp3) is 0.0833. The van der Waals surface area contributed by atoms with E-state index in [0.29, 0.717) is 16.8 Å². The van der Waals surface area contributed by atoms with E-state index in [2.05, 4.69) is 4.98 Å². The fourth-order valence-corrected chi connectivity index (χ4v) is 1.73. The van der Waals surface area contributed by atoms with Crippen LogP contribution in [0.2, 0.25) is 0 Å². The Labute approximate surface area is 102 Å². The number of hydrogen-bond acceptors (Lipinski definition) is 4. The number of nitro benzene ring substituents is 1. The minimum absolute atomic E-state index is 0.232. The minimum atomic E-state index is -0.653. The van der Waals surface area contributed by atoms with Crippen molar-refractivity contribution in [1.82, 2.24) is 4.98 Å². The van der Waals surface area contributed by atoms with Crippen molar-refractivity contribution in [2.45, 2.75) is 6.92 Å². The van der Waals surface area contributed by atoms with Gasteiger partial charge in [0.15, 0.2) is 5.75 Å². The molecule has 0 saturated heterocycles. The first kappa shape index (κ1) is 11.8. The second-order valence-electron chi connectivity index (χ2n) is 3.82. The molecule has 92 valence electrons. The lowest BCUT2D eigenvalue weighted by Gasteiger charge is -2.05. The second-order valence-corrected chi connectivity index (χ2v) is 3.82. The van der Waals surface area contributed by atoms with E-state index < -0.39 is 4.92 Å². The van der Waals surface area contributed by atoms with Crippen molar-refractivity contribution >= 4 is 5.69 Å². The first-order valence-electron chi connectivity index (χ1n) is 5.17. The number of nitro groups is 1. The molecule has 6 nitrogen and oxygen atoms in total. The van der Waals surface area contributed by atoms with E-state index in [4.69, 9.17) is 0 Å². The van der Waals surface area contributed by atoms with Gasteiger partial charge in [-0.25, -0.2) is 0 Å². The van der Waals surface area contributed by atoms with Crippen molar-refractivity contribution in [3.63, 3.8) is 0 Å². The maximum absolute atomic E-state index is 11.1. The number of rotatable bonds is 2. The molecule has 0 atom stereocenters. The van der Waals surface area contributed by atoms with Crippen LogP contribution in [0.5, 0.6) is 5.75 Å². The highest BCUT2D eigenvalue weighted by Crippen LogP contribution is 2.31. The van der Waals surface area contributed by atoms with Crippen molar-refractivity contribution in [3.8, 4) is 16.9 Å². The molecule has 1 aromatic heterocycles. The molecule has 1 heterocycles. The Balaban J connectivity index is 2.61. The molecule has 1 aromatic carbocycles. The first-order valence-corrected chi connectivity index (χ1v) is 5.17. The number of phenols is 1. The van der Waals surface area contributed by atoms with Crippen LogP contribution >= 0.6 is 0 Å². The molecule has 0 spiro atoms. The lowest BCUT2D eigenvalue weighted by molar-refractivity contribution is -0.385. The predicted octanol–water partition coefficient (Wildman–Crippen LogP) is 1.96. The summed E-state index contributed by atoms with van der Waals surface area (Å²) < 4.78 is 0. The second kappa shape index (κ2) is 4.33. The van der Waals surface area contributed by atoms with Crippen molar-refractivity contribution < 1.29 is 10.0 Å². The van der Waals surface area contributed by atoms with Crippen LogP contribution in [0.1, 0.15) is 5.69 Å². The maximum atomic E-state index is 11.1. The number of benzene rings is 1. The number of aromatic hydroxyl groups is 1. The number of H-pyrrole nitrogens is 1. The van der Waals surface area contributed by atoms with Crippen LogP contribution in [0.3, 0.4) is 0 Å². The number of nitrogens with one attached hydrogen (secondary N) is 1. The van der Waals surface area contributed by atoms with Gasteiger partial charge in [0.2, 0.25) is 5.56 Å². The lowest BCUT2D eigenvalue weighted by atomic mass is 10.0. The van der Waals surface area contributed by atoms with E-state index in [1.807, 2.05) is 0 Å². The van der Waals surface area contributed by atoms with Crippen LogP contribution in [-0.4, -0.2) is 15.0 Å². The third-order valence-corrected chi connectivity index (χ3v) is 2.60. The van der Waals surface area contributed by atoms with E-state index in [1.54, 1.807) is 19.1 Å². The quantitative estimate of drug-likeness (QED) is 0.625. The molecule has 2 aromatic rings. The Hall–Kier alpha value is -2.63. The van der Waals surface area contributed by atoms with Crippen molar-refractivity contribution in [3.05, 3.63) is 56.5 Å². The normalized spacial score (nSPS) is 10.3. The van der Waals surface area contributed by atoms with E-state index in [9.17, 15) is 20.0 Å². The fourth-order valence-electron chi connectivity index (χ4n) is 1.73. The summed E-state index contributed by atoms with van der Waals surface area (Å²) in [5.74, 6) is -0.383.